The van der Waals surface area contributed by atoms with Crippen LogP contribution in [0.15, 0.2) is 217 Å². The van der Waals surface area contributed by atoms with E-state index in [2.05, 4.69) is 182 Å². The molecular weight excluding hydrogens is 723 g/mol. The molecule has 0 saturated heterocycles. The molecule has 0 N–H and O–H groups in total. The molecule has 0 spiro atoms. The Kier molecular flexibility index (Phi) is 8.12. The maximum absolute atomic E-state index is 6.34. The molecule has 4 nitrogen and oxygen atoms in total. The van der Waals surface area contributed by atoms with Crippen molar-refractivity contribution in [2.75, 3.05) is 0 Å². The lowest BCUT2D eigenvalue weighted by atomic mass is 10.0. The van der Waals surface area contributed by atoms with Crippen molar-refractivity contribution in [3.05, 3.63) is 212 Å². The number of nitrogens with zero attached hydrogens (tertiary/aromatic N) is 3. The van der Waals surface area contributed by atoms with E-state index >= 15 is 0 Å². The van der Waals surface area contributed by atoms with Crippen molar-refractivity contribution in [1.29, 1.82) is 0 Å². The Balaban J connectivity index is 1.20. The van der Waals surface area contributed by atoms with Gasteiger partial charge >= 0.3 is 0 Å². The van der Waals surface area contributed by atoms with Gasteiger partial charge in [0, 0.05) is 27.5 Å². The number of para-hydroxylation sites is 1. The Morgan fingerprint density at radius 3 is 1.59 bits per heavy atom. The first-order valence-electron chi connectivity index (χ1n) is 19.6. The second-order valence-corrected chi connectivity index (χ2v) is 18.5. The monoisotopic (exact) mass is 757 g/mol. The predicted octanol–water partition coefficient (Wildman–Crippen LogP) is 10.5. The Morgan fingerprint density at radius 1 is 0.345 bits per heavy atom. The number of hydrogen-bond donors (Lipinski definition) is 0. The third kappa shape index (κ3) is 5.47. The Labute approximate surface area is 336 Å². The van der Waals surface area contributed by atoms with Crippen LogP contribution in [0.25, 0.3) is 77.6 Å². The molecule has 2 heterocycles. The molecule has 2 aromatic heterocycles. The molecule has 58 heavy (non-hydrogen) atoms. The van der Waals surface area contributed by atoms with Crippen LogP contribution in [-0.4, -0.2) is 23.0 Å². The average Bonchev–Trinajstić information content (AvgIpc) is 3.69. The highest BCUT2D eigenvalue weighted by Gasteiger charge is 2.42. The van der Waals surface area contributed by atoms with E-state index in [-0.39, 0.29) is 0 Å². The minimum atomic E-state index is -2.85. The highest BCUT2D eigenvalue weighted by atomic mass is 28.3. The zero-order valence-corrected chi connectivity index (χ0v) is 32.5. The van der Waals surface area contributed by atoms with E-state index in [9.17, 15) is 0 Å². The molecule has 0 amide bonds. The largest absolute Gasteiger partial charge is 0.456 e. The second kappa shape index (κ2) is 13.9. The van der Waals surface area contributed by atoms with E-state index in [0.717, 1.165) is 49.4 Å². The van der Waals surface area contributed by atoms with Crippen molar-refractivity contribution in [2.24, 2.45) is 0 Å². The van der Waals surface area contributed by atoms with E-state index in [1.165, 1.54) is 31.5 Å². The first-order chi connectivity index (χ1) is 28.8. The van der Waals surface area contributed by atoms with Gasteiger partial charge in [0.25, 0.3) is 0 Å². The lowest BCUT2D eigenvalue weighted by molar-refractivity contribution is 0.669. The van der Waals surface area contributed by atoms with Gasteiger partial charge in [-0.15, -0.1) is 0 Å². The normalized spacial score (nSPS) is 11.8. The Hall–Kier alpha value is -7.47. The summed E-state index contributed by atoms with van der Waals surface area (Å²) < 4.78 is 6.34. The fourth-order valence-electron chi connectivity index (χ4n) is 8.90. The van der Waals surface area contributed by atoms with Gasteiger partial charge in [0.05, 0.1) is 0 Å². The highest BCUT2D eigenvalue weighted by molar-refractivity contribution is 7.20. The summed E-state index contributed by atoms with van der Waals surface area (Å²) in [6, 6.07) is 75.7. The predicted molar refractivity (Wildman–Crippen MR) is 242 cm³/mol. The summed E-state index contributed by atoms with van der Waals surface area (Å²) in [6.07, 6.45) is 0. The first kappa shape index (κ1) is 33.8. The molecule has 0 saturated carbocycles. The van der Waals surface area contributed by atoms with Crippen LogP contribution in [0.4, 0.5) is 0 Å². The molecule has 11 aromatic rings. The lowest BCUT2D eigenvalue weighted by Crippen LogP contribution is -2.74. The van der Waals surface area contributed by atoms with Crippen molar-refractivity contribution in [2.45, 2.75) is 0 Å². The average molecular weight is 758 g/mol. The SMILES string of the molecule is c1ccc([Si](c2ccccc2)(c2ccccc2)c2cccc3c(-c4nc(-c5ccc6ccccc6c5)nc(-c5cccc6oc7ccccc7c56)n4)cccc23)cc1. The van der Waals surface area contributed by atoms with Crippen LogP contribution in [0.3, 0.4) is 0 Å². The molecule has 0 aliphatic carbocycles. The van der Waals surface area contributed by atoms with Crippen molar-refractivity contribution in [3.8, 4) is 34.2 Å². The van der Waals surface area contributed by atoms with Crippen molar-refractivity contribution < 1.29 is 4.42 Å². The highest BCUT2D eigenvalue weighted by Crippen LogP contribution is 2.37. The molecule has 0 bridgehead atoms. The summed E-state index contributed by atoms with van der Waals surface area (Å²) in [7, 11) is -2.85. The van der Waals surface area contributed by atoms with E-state index in [0.29, 0.717) is 17.5 Å². The molecule has 5 heteroatoms. The molecule has 0 radical (unpaired) electrons. The number of furan rings is 1. The van der Waals surface area contributed by atoms with Gasteiger partial charge in [-0.3, -0.25) is 0 Å². The standard InChI is InChI=1S/C53H35N3OSi/c1-4-19-39(20-5-1)58(40-21-6-2-7-22-40,41-23-8-3-9-24-41)49-32-16-26-42-43(49)27-14-28-44(42)52-54-51(38-34-33-36-17-10-11-18-37(36)35-38)55-53(56-52)46-29-15-31-48-50(46)45-25-12-13-30-47(45)57-48/h1-35H. The van der Waals surface area contributed by atoms with Gasteiger partial charge in [-0.05, 0) is 60.5 Å². The summed E-state index contributed by atoms with van der Waals surface area (Å²) in [5.41, 5.74) is 4.41. The minimum Gasteiger partial charge on any atom is -0.456 e. The summed E-state index contributed by atoms with van der Waals surface area (Å²) in [6.45, 7) is 0. The number of rotatable bonds is 7. The van der Waals surface area contributed by atoms with E-state index < -0.39 is 8.07 Å². The molecule has 0 atom stereocenters. The van der Waals surface area contributed by atoms with E-state index in [1.54, 1.807) is 0 Å². The molecule has 0 fully saturated rings. The molecule has 11 rings (SSSR count). The summed E-state index contributed by atoms with van der Waals surface area (Å²) in [5, 5.41) is 11.9. The summed E-state index contributed by atoms with van der Waals surface area (Å²) in [4.78, 5) is 15.9. The van der Waals surface area contributed by atoms with Crippen molar-refractivity contribution >= 4 is 72.3 Å². The van der Waals surface area contributed by atoms with Crippen LogP contribution in [0, 0.1) is 0 Å². The first-order valence-corrected chi connectivity index (χ1v) is 21.6. The van der Waals surface area contributed by atoms with Crippen LogP contribution in [0.5, 0.6) is 0 Å². The molecule has 0 unspecified atom stereocenters. The summed E-state index contributed by atoms with van der Waals surface area (Å²) in [5.74, 6) is 1.83. The summed E-state index contributed by atoms with van der Waals surface area (Å²) >= 11 is 0. The van der Waals surface area contributed by atoms with Gasteiger partial charge in [0.15, 0.2) is 25.5 Å². The topological polar surface area (TPSA) is 51.8 Å². The Morgan fingerprint density at radius 2 is 0.862 bits per heavy atom. The minimum absolute atomic E-state index is 0.597. The fraction of sp³-hybridized carbons (Fsp3) is 0. The maximum Gasteiger partial charge on any atom is 0.180 e. The third-order valence-electron chi connectivity index (χ3n) is 11.5. The number of benzene rings is 9. The second-order valence-electron chi connectivity index (χ2n) is 14.7. The molecule has 0 aliphatic heterocycles. The van der Waals surface area contributed by atoms with Crippen LogP contribution in [-0.2, 0) is 0 Å². The van der Waals surface area contributed by atoms with Gasteiger partial charge in [0.1, 0.15) is 11.2 Å². The number of aromatic nitrogens is 3. The Bertz CT molecular complexity index is 3190. The number of fused-ring (bicyclic) bond motifs is 5. The van der Waals surface area contributed by atoms with Gasteiger partial charge in [0.2, 0.25) is 0 Å². The zero-order valence-electron chi connectivity index (χ0n) is 31.5. The van der Waals surface area contributed by atoms with Crippen LogP contribution < -0.4 is 20.7 Å². The van der Waals surface area contributed by atoms with Gasteiger partial charge in [-0.25, -0.2) is 15.0 Å². The zero-order chi connectivity index (χ0) is 38.5. The molecular formula is C53H35N3OSi. The van der Waals surface area contributed by atoms with E-state index in [4.69, 9.17) is 19.4 Å². The maximum atomic E-state index is 6.34. The van der Waals surface area contributed by atoms with Gasteiger partial charge < -0.3 is 4.42 Å². The molecule has 9 aromatic carbocycles. The smallest absolute Gasteiger partial charge is 0.180 e. The van der Waals surface area contributed by atoms with Crippen LogP contribution >= 0.6 is 0 Å². The van der Waals surface area contributed by atoms with Crippen molar-refractivity contribution in [3.63, 3.8) is 0 Å². The number of hydrogen-bond acceptors (Lipinski definition) is 4. The van der Waals surface area contributed by atoms with E-state index in [1.807, 2.05) is 30.3 Å². The van der Waals surface area contributed by atoms with Gasteiger partial charge in [-0.1, -0.05) is 194 Å². The lowest BCUT2D eigenvalue weighted by Gasteiger charge is -2.35. The fourth-order valence-corrected chi connectivity index (χ4v) is 13.9. The molecule has 272 valence electrons. The molecule has 0 aliphatic rings. The van der Waals surface area contributed by atoms with Crippen LogP contribution in [0.2, 0.25) is 0 Å². The van der Waals surface area contributed by atoms with Crippen molar-refractivity contribution in [1.82, 2.24) is 15.0 Å². The van der Waals surface area contributed by atoms with Gasteiger partial charge in [-0.2, -0.15) is 0 Å². The quantitative estimate of drug-likeness (QED) is 0.120. The van der Waals surface area contributed by atoms with Crippen LogP contribution in [0.1, 0.15) is 0 Å². The third-order valence-corrected chi connectivity index (χ3v) is 16.3.